The molecule has 0 N–H and O–H groups in total. The van der Waals surface area contributed by atoms with Gasteiger partial charge in [0.1, 0.15) is 6.33 Å². The maximum absolute atomic E-state index is 13.5. The van der Waals surface area contributed by atoms with Gasteiger partial charge in [-0.2, -0.15) is 10.1 Å². The lowest BCUT2D eigenvalue weighted by molar-refractivity contribution is -0.131. The molecule has 0 radical (unpaired) electrons. The summed E-state index contributed by atoms with van der Waals surface area (Å²) in [7, 11) is 1.66. The second kappa shape index (κ2) is 7.38. The topological polar surface area (TPSA) is 63.4 Å². The summed E-state index contributed by atoms with van der Waals surface area (Å²) in [4.78, 5) is 22.7. The predicted octanol–water partition coefficient (Wildman–Crippen LogP) is 3.17. The van der Waals surface area contributed by atoms with Gasteiger partial charge in [-0.1, -0.05) is 6.07 Å². The highest BCUT2D eigenvalue weighted by molar-refractivity contribution is 5.76. The zero-order valence-corrected chi connectivity index (χ0v) is 15.7. The second-order valence-electron chi connectivity index (χ2n) is 6.59. The van der Waals surface area contributed by atoms with Crippen LogP contribution in [0.2, 0.25) is 0 Å². The molecule has 2 aromatic heterocycles. The van der Waals surface area contributed by atoms with Crippen LogP contribution in [-0.4, -0.2) is 37.4 Å². The number of hydrogen-bond donors (Lipinski definition) is 0. The fraction of sp³-hybridized carbons (Fsp3) is 0.368. The number of fused-ring (bicyclic) bond motifs is 1. The van der Waals surface area contributed by atoms with Crippen LogP contribution in [0.25, 0.3) is 5.78 Å². The van der Waals surface area contributed by atoms with Crippen LogP contribution < -0.4 is 0 Å². The van der Waals surface area contributed by atoms with Gasteiger partial charge in [0.15, 0.2) is 11.6 Å². The molecule has 0 aliphatic carbocycles. The van der Waals surface area contributed by atoms with E-state index in [1.54, 1.807) is 23.4 Å². The molecular weight excluding hydrogens is 352 g/mol. The van der Waals surface area contributed by atoms with E-state index in [1.165, 1.54) is 12.4 Å². The van der Waals surface area contributed by atoms with E-state index in [4.69, 9.17) is 0 Å². The zero-order valence-electron chi connectivity index (χ0n) is 15.7. The molecule has 8 heteroatoms. The minimum absolute atomic E-state index is 0.0929. The molecule has 0 spiro atoms. The third-order valence-corrected chi connectivity index (χ3v) is 4.98. The highest BCUT2D eigenvalue weighted by Gasteiger charge is 2.20. The molecule has 0 bridgehead atoms. The van der Waals surface area contributed by atoms with E-state index in [0.29, 0.717) is 17.8 Å². The first kappa shape index (κ1) is 18.9. The van der Waals surface area contributed by atoms with Gasteiger partial charge in [-0.25, -0.2) is 18.3 Å². The molecule has 0 aliphatic heterocycles. The van der Waals surface area contributed by atoms with Crippen LogP contribution >= 0.6 is 0 Å². The Balaban J connectivity index is 1.72. The van der Waals surface area contributed by atoms with E-state index in [9.17, 15) is 13.6 Å². The first-order chi connectivity index (χ1) is 12.8. The zero-order chi connectivity index (χ0) is 19.7. The van der Waals surface area contributed by atoms with Crippen molar-refractivity contribution in [2.75, 3.05) is 7.05 Å². The van der Waals surface area contributed by atoms with Crippen LogP contribution in [0.4, 0.5) is 8.78 Å². The number of aromatic nitrogens is 4. The molecule has 0 saturated carbocycles. The van der Waals surface area contributed by atoms with E-state index < -0.39 is 11.6 Å². The van der Waals surface area contributed by atoms with Crippen molar-refractivity contribution < 1.29 is 13.6 Å². The number of carbonyl (C=O) groups excluding carboxylic acids is 1. The monoisotopic (exact) mass is 373 g/mol. The van der Waals surface area contributed by atoms with Crippen molar-refractivity contribution >= 4 is 11.7 Å². The average Bonchev–Trinajstić information content (AvgIpc) is 3.10. The Kier molecular flexibility index (Phi) is 5.16. The summed E-state index contributed by atoms with van der Waals surface area (Å²) in [6.07, 6.45) is 2.23. The van der Waals surface area contributed by atoms with Crippen LogP contribution in [0.15, 0.2) is 24.5 Å². The van der Waals surface area contributed by atoms with E-state index in [-0.39, 0.29) is 18.4 Å². The quantitative estimate of drug-likeness (QED) is 0.689. The van der Waals surface area contributed by atoms with Gasteiger partial charge < -0.3 is 4.90 Å². The lowest BCUT2D eigenvalue weighted by Crippen LogP contribution is -2.30. The molecule has 1 atom stereocenters. The van der Waals surface area contributed by atoms with Crippen molar-refractivity contribution in [1.29, 1.82) is 0 Å². The normalized spacial score (nSPS) is 12.4. The van der Waals surface area contributed by atoms with Crippen molar-refractivity contribution in [2.45, 2.75) is 39.7 Å². The summed E-state index contributed by atoms with van der Waals surface area (Å²) in [6.45, 7) is 5.59. The second-order valence-corrected chi connectivity index (χ2v) is 6.59. The van der Waals surface area contributed by atoms with Crippen molar-refractivity contribution in [1.82, 2.24) is 24.5 Å². The maximum atomic E-state index is 13.5. The standard InChI is InChI=1S/C19H21F2N5O/c1-11-15(13(3)26-19(24-11)22-10-23-26)6-8-18(27)25(4)12(2)14-5-7-16(20)17(21)9-14/h5,7,9-10,12H,6,8H2,1-4H3. The van der Waals surface area contributed by atoms with Gasteiger partial charge in [-0.15, -0.1) is 0 Å². The van der Waals surface area contributed by atoms with Crippen LogP contribution in [0.5, 0.6) is 0 Å². The fourth-order valence-electron chi connectivity index (χ4n) is 3.14. The Morgan fingerprint density at radius 2 is 2.00 bits per heavy atom. The van der Waals surface area contributed by atoms with Crippen molar-refractivity contribution in [3.63, 3.8) is 0 Å². The summed E-state index contributed by atoms with van der Waals surface area (Å²) in [5, 5.41) is 4.15. The predicted molar refractivity (Wildman–Crippen MR) is 96.1 cm³/mol. The number of hydrogen-bond acceptors (Lipinski definition) is 4. The molecule has 27 heavy (non-hydrogen) atoms. The van der Waals surface area contributed by atoms with Crippen LogP contribution in [0, 0.1) is 25.5 Å². The highest BCUT2D eigenvalue weighted by Crippen LogP contribution is 2.22. The van der Waals surface area contributed by atoms with Crippen LogP contribution in [-0.2, 0) is 11.2 Å². The van der Waals surface area contributed by atoms with Gasteiger partial charge in [0, 0.05) is 24.9 Å². The summed E-state index contributed by atoms with van der Waals surface area (Å²) in [5.74, 6) is -1.38. The van der Waals surface area contributed by atoms with Crippen LogP contribution in [0.1, 0.15) is 41.9 Å². The van der Waals surface area contributed by atoms with E-state index in [1.807, 2.05) is 13.8 Å². The van der Waals surface area contributed by atoms with Crippen molar-refractivity contribution in [2.24, 2.45) is 0 Å². The number of nitrogens with zero attached hydrogens (tertiary/aromatic N) is 5. The molecule has 0 fully saturated rings. The number of carbonyl (C=O) groups is 1. The smallest absolute Gasteiger partial charge is 0.252 e. The first-order valence-corrected chi connectivity index (χ1v) is 8.66. The van der Waals surface area contributed by atoms with Crippen LogP contribution in [0.3, 0.4) is 0 Å². The Hall–Kier alpha value is -2.90. The summed E-state index contributed by atoms with van der Waals surface area (Å²) < 4.78 is 28.2. The molecule has 2 heterocycles. The minimum Gasteiger partial charge on any atom is -0.339 e. The molecule has 1 amide bonds. The molecule has 6 nitrogen and oxygen atoms in total. The summed E-state index contributed by atoms with van der Waals surface area (Å²) in [5.41, 5.74) is 3.22. The maximum Gasteiger partial charge on any atom is 0.252 e. The fourth-order valence-corrected chi connectivity index (χ4v) is 3.14. The molecule has 142 valence electrons. The Labute approximate surface area is 155 Å². The molecule has 3 rings (SSSR count). The van der Waals surface area contributed by atoms with Gasteiger partial charge in [0.2, 0.25) is 5.91 Å². The third kappa shape index (κ3) is 3.65. The lowest BCUT2D eigenvalue weighted by Gasteiger charge is -2.25. The summed E-state index contributed by atoms with van der Waals surface area (Å²) in [6, 6.07) is 3.32. The number of aryl methyl sites for hydroxylation is 2. The Morgan fingerprint density at radius 1 is 1.26 bits per heavy atom. The van der Waals surface area contributed by atoms with Gasteiger partial charge in [0.05, 0.1) is 6.04 Å². The van der Waals surface area contributed by atoms with Gasteiger partial charge in [0.25, 0.3) is 5.78 Å². The van der Waals surface area contributed by atoms with E-state index in [2.05, 4.69) is 15.1 Å². The third-order valence-electron chi connectivity index (χ3n) is 4.98. The molecule has 1 aromatic carbocycles. The van der Waals surface area contributed by atoms with Gasteiger partial charge >= 0.3 is 0 Å². The lowest BCUT2D eigenvalue weighted by atomic mass is 10.0. The van der Waals surface area contributed by atoms with Crippen molar-refractivity contribution in [3.05, 3.63) is 58.7 Å². The number of amides is 1. The number of rotatable bonds is 5. The Morgan fingerprint density at radius 3 is 2.70 bits per heavy atom. The number of benzene rings is 1. The highest BCUT2D eigenvalue weighted by atomic mass is 19.2. The van der Waals surface area contributed by atoms with E-state index >= 15 is 0 Å². The summed E-state index contributed by atoms with van der Waals surface area (Å²) >= 11 is 0. The molecule has 3 aromatic rings. The molecule has 1 unspecified atom stereocenters. The van der Waals surface area contributed by atoms with Gasteiger partial charge in [-0.3, -0.25) is 4.79 Å². The SMILES string of the molecule is Cc1nc2ncnn2c(C)c1CCC(=O)N(C)C(C)c1ccc(F)c(F)c1. The molecule has 0 aliphatic rings. The van der Waals surface area contributed by atoms with E-state index in [0.717, 1.165) is 29.1 Å². The van der Waals surface area contributed by atoms with Gasteiger partial charge in [-0.05, 0) is 50.5 Å². The first-order valence-electron chi connectivity index (χ1n) is 8.66. The average molecular weight is 373 g/mol. The molecule has 0 saturated heterocycles. The minimum atomic E-state index is -0.918. The molecular formula is C19H21F2N5O. The largest absolute Gasteiger partial charge is 0.339 e. The van der Waals surface area contributed by atoms with Crippen molar-refractivity contribution in [3.8, 4) is 0 Å². The Bertz CT molecular complexity index is 1000. The number of halogens is 2.